The van der Waals surface area contributed by atoms with Crippen molar-refractivity contribution in [1.29, 1.82) is 0 Å². The van der Waals surface area contributed by atoms with Crippen LogP contribution in [0.25, 0.3) is 0 Å². The Morgan fingerprint density at radius 1 is 1.40 bits per heavy atom. The lowest BCUT2D eigenvalue weighted by molar-refractivity contribution is -0.175. The van der Waals surface area contributed by atoms with Crippen molar-refractivity contribution < 1.29 is 14.6 Å². The van der Waals surface area contributed by atoms with Crippen LogP contribution in [0.5, 0.6) is 0 Å². The van der Waals surface area contributed by atoms with E-state index in [1.54, 1.807) is 0 Å². The van der Waals surface area contributed by atoms with E-state index >= 15 is 0 Å². The first-order valence-electron chi connectivity index (χ1n) is 5.44. The third kappa shape index (κ3) is 2.33. The normalized spacial score (nSPS) is 32.5. The zero-order chi connectivity index (χ0) is 10.9. The van der Waals surface area contributed by atoms with Gasteiger partial charge in [-0.1, -0.05) is 0 Å². The maximum absolute atomic E-state index is 9.86. The van der Waals surface area contributed by atoms with Crippen LogP contribution in [-0.2, 0) is 9.47 Å². The zero-order valence-corrected chi connectivity index (χ0v) is 9.40. The second-order valence-electron chi connectivity index (χ2n) is 4.51. The molecule has 1 N–H and O–H groups in total. The van der Waals surface area contributed by atoms with Crippen molar-refractivity contribution in [2.45, 2.75) is 31.2 Å². The molecular weight excluding hydrogens is 194 g/mol. The van der Waals surface area contributed by atoms with Gasteiger partial charge in [-0.3, -0.25) is 0 Å². The quantitative estimate of drug-likeness (QED) is 0.697. The van der Waals surface area contributed by atoms with Crippen LogP contribution in [0.3, 0.4) is 0 Å². The van der Waals surface area contributed by atoms with Gasteiger partial charge in [-0.2, -0.15) is 0 Å². The van der Waals surface area contributed by atoms with Gasteiger partial charge in [0.25, 0.3) is 0 Å². The van der Waals surface area contributed by atoms with E-state index in [4.69, 9.17) is 9.47 Å². The Morgan fingerprint density at radius 3 is 2.67 bits per heavy atom. The molecule has 0 radical (unpaired) electrons. The van der Waals surface area contributed by atoms with Gasteiger partial charge in [0.05, 0.1) is 19.3 Å². The number of aliphatic hydroxyl groups excluding tert-OH is 1. The van der Waals surface area contributed by atoms with Crippen LogP contribution in [-0.4, -0.2) is 49.2 Å². The first kappa shape index (κ1) is 10.9. The fourth-order valence-corrected chi connectivity index (χ4v) is 2.27. The zero-order valence-electron chi connectivity index (χ0n) is 9.40. The Bertz CT molecular complexity index is 257. The molecule has 1 unspecified atom stereocenters. The van der Waals surface area contributed by atoms with E-state index in [-0.39, 0.29) is 6.10 Å². The Morgan fingerprint density at radius 2 is 2.07 bits per heavy atom. The molecule has 1 aliphatic carbocycles. The molecule has 1 aliphatic heterocycles. The Kier molecular flexibility index (Phi) is 3.00. The molecule has 1 atom stereocenters. The van der Waals surface area contributed by atoms with Crippen molar-refractivity contribution >= 4 is 0 Å². The summed E-state index contributed by atoms with van der Waals surface area (Å²) >= 11 is 0. The average Bonchev–Trinajstić information content (AvgIpc) is 2.60. The van der Waals surface area contributed by atoms with E-state index in [1.807, 2.05) is 25.2 Å². The highest BCUT2D eigenvalue weighted by Gasteiger charge is 2.42. The lowest BCUT2D eigenvalue weighted by Gasteiger charge is -2.35. The summed E-state index contributed by atoms with van der Waals surface area (Å²) in [5, 5.41) is 9.86. The molecule has 86 valence electrons. The number of hydrogen-bond acceptors (Lipinski definition) is 4. The van der Waals surface area contributed by atoms with E-state index < -0.39 is 5.79 Å². The van der Waals surface area contributed by atoms with Crippen LogP contribution in [0.4, 0.5) is 0 Å². The predicted molar refractivity (Wildman–Crippen MR) is 56.3 cm³/mol. The summed E-state index contributed by atoms with van der Waals surface area (Å²) < 4.78 is 11.3. The van der Waals surface area contributed by atoms with E-state index in [0.29, 0.717) is 19.6 Å². The summed E-state index contributed by atoms with van der Waals surface area (Å²) in [5.41, 5.74) is 1.01. The molecular formula is C11H19NO3. The van der Waals surface area contributed by atoms with Gasteiger partial charge in [0.2, 0.25) is 0 Å². The van der Waals surface area contributed by atoms with Gasteiger partial charge in [-0.05, 0) is 12.0 Å². The predicted octanol–water partition coefficient (Wildman–Crippen LogP) is 0.720. The molecule has 1 saturated heterocycles. The van der Waals surface area contributed by atoms with Crippen LogP contribution < -0.4 is 0 Å². The third-order valence-electron chi connectivity index (χ3n) is 2.94. The van der Waals surface area contributed by atoms with E-state index in [1.165, 1.54) is 0 Å². The molecule has 2 fully saturated rings. The lowest BCUT2D eigenvalue weighted by Crippen LogP contribution is -2.38. The van der Waals surface area contributed by atoms with Crippen molar-refractivity contribution in [2.75, 3.05) is 27.3 Å². The minimum Gasteiger partial charge on any atom is -0.389 e. The van der Waals surface area contributed by atoms with Gasteiger partial charge < -0.3 is 19.5 Å². The SMILES string of the molecule is CN(C)/C=C1/CC2(CCC1O)OCCO2. The van der Waals surface area contributed by atoms with Gasteiger partial charge in [0.15, 0.2) is 5.79 Å². The summed E-state index contributed by atoms with van der Waals surface area (Å²) in [5.74, 6) is -0.443. The average molecular weight is 213 g/mol. The minimum atomic E-state index is -0.443. The standard InChI is InChI=1S/C11H19NO3/c1-12(2)8-9-7-11(4-3-10(9)13)14-5-6-15-11/h8,10,13H,3-7H2,1-2H3/b9-8-. The second-order valence-corrected chi connectivity index (χ2v) is 4.51. The van der Waals surface area contributed by atoms with E-state index in [9.17, 15) is 5.11 Å². The van der Waals surface area contributed by atoms with E-state index in [0.717, 1.165) is 18.4 Å². The first-order chi connectivity index (χ1) is 7.11. The Labute approximate surface area is 90.5 Å². The minimum absolute atomic E-state index is 0.342. The number of rotatable bonds is 1. The molecule has 1 saturated carbocycles. The van der Waals surface area contributed by atoms with Crippen LogP contribution in [0, 0.1) is 0 Å². The summed E-state index contributed by atoms with van der Waals surface area (Å²) in [7, 11) is 3.91. The molecule has 2 aliphatic rings. The highest BCUT2D eigenvalue weighted by atomic mass is 16.7. The highest BCUT2D eigenvalue weighted by molar-refractivity contribution is 5.14. The fourth-order valence-electron chi connectivity index (χ4n) is 2.27. The van der Waals surface area contributed by atoms with Gasteiger partial charge >= 0.3 is 0 Å². The third-order valence-corrected chi connectivity index (χ3v) is 2.94. The maximum Gasteiger partial charge on any atom is 0.172 e. The van der Waals surface area contributed by atoms with Gasteiger partial charge in [0, 0.05) is 33.1 Å². The Hall–Kier alpha value is -0.580. The largest absolute Gasteiger partial charge is 0.389 e. The number of hydrogen-bond donors (Lipinski definition) is 1. The van der Waals surface area contributed by atoms with Crippen LogP contribution in [0.15, 0.2) is 11.8 Å². The molecule has 0 amide bonds. The fraction of sp³-hybridized carbons (Fsp3) is 0.818. The Balaban J connectivity index is 2.10. The first-order valence-corrected chi connectivity index (χ1v) is 5.44. The summed E-state index contributed by atoms with van der Waals surface area (Å²) in [6.07, 6.45) is 3.83. The van der Waals surface area contributed by atoms with Crippen LogP contribution >= 0.6 is 0 Å². The molecule has 2 rings (SSSR count). The van der Waals surface area contributed by atoms with Gasteiger partial charge in [-0.15, -0.1) is 0 Å². The summed E-state index contributed by atoms with van der Waals surface area (Å²) in [6, 6.07) is 0. The molecule has 15 heavy (non-hydrogen) atoms. The molecule has 1 spiro atoms. The lowest BCUT2D eigenvalue weighted by atomic mass is 9.87. The number of ether oxygens (including phenoxy) is 2. The summed E-state index contributed by atoms with van der Waals surface area (Å²) in [4.78, 5) is 1.95. The molecule has 0 aromatic rings. The maximum atomic E-state index is 9.86. The van der Waals surface area contributed by atoms with Crippen molar-refractivity contribution in [2.24, 2.45) is 0 Å². The van der Waals surface area contributed by atoms with Crippen molar-refractivity contribution in [3.8, 4) is 0 Å². The molecule has 4 nitrogen and oxygen atoms in total. The van der Waals surface area contributed by atoms with E-state index in [2.05, 4.69) is 0 Å². The van der Waals surface area contributed by atoms with Crippen molar-refractivity contribution in [3.63, 3.8) is 0 Å². The molecule has 4 heteroatoms. The molecule has 1 heterocycles. The monoisotopic (exact) mass is 213 g/mol. The van der Waals surface area contributed by atoms with Gasteiger partial charge in [-0.25, -0.2) is 0 Å². The second kappa shape index (κ2) is 4.12. The molecule has 0 aromatic heterocycles. The number of nitrogens with zero attached hydrogens (tertiary/aromatic N) is 1. The van der Waals surface area contributed by atoms with Crippen molar-refractivity contribution in [3.05, 3.63) is 11.8 Å². The van der Waals surface area contributed by atoms with Crippen LogP contribution in [0.1, 0.15) is 19.3 Å². The smallest absolute Gasteiger partial charge is 0.172 e. The summed E-state index contributed by atoms with van der Waals surface area (Å²) in [6.45, 7) is 1.34. The van der Waals surface area contributed by atoms with Crippen LogP contribution in [0.2, 0.25) is 0 Å². The highest BCUT2D eigenvalue weighted by Crippen LogP contribution is 2.38. The topological polar surface area (TPSA) is 41.9 Å². The van der Waals surface area contributed by atoms with Crippen molar-refractivity contribution in [1.82, 2.24) is 4.90 Å². The molecule has 0 bridgehead atoms. The van der Waals surface area contributed by atoms with Gasteiger partial charge in [0.1, 0.15) is 0 Å². The molecule has 0 aromatic carbocycles. The number of aliphatic hydroxyl groups is 1.